The van der Waals surface area contributed by atoms with E-state index in [9.17, 15) is 14.4 Å². The normalized spacial score (nSPS) is 21.2. The van der Waals surface area contributed by atoms with E-state index in [2.05, 4.69) is 101 Å². The van der Waals surface area contributed by atoms with Crippen molar-refractivity contribution in [1.29, 1.82) is 0 Å². The summed E-state index contributed by atoms with van der Waals surface area (Å²) >= 11 is 19.9. The lowest BCUT2D eigenvalue weighted by atomic mass is 9.93. The summed E-state index contributed by atoms with van der Waals surface area (Å²) in [5.41, 5.74) is 9.99. The number of carbonyl (C=O) groups is 3. The third-order valence-corrected chi connectivity index (χ3v) is 16.8. The number of amides is 4. The highest BCUT2D eigenvalue weighted by atomic mass is 79.9. The first kappa shape index (κ1) is 51.3. The number of carbonyl (C=O) groups excluding carboxylic acids is 3. The van der Waals surface area contributed by atoms with Gasteiger partial charge in [0.25, 0.3) is 0 Å². The summed E-state index contributed by atoms with van der Waals surface area (Å²) < 4.78 is 2.02. The van der Waals surface area contributed by atoms with Crippen molar-refractivity contribution < 1.29 is 14.4 Å². The number of nitrogens with zero attached hydrogens (tertiary/aromatic N) is 7. The summed E-state index contributed by atoms with van der Waals surface area (Å²) in [5.74, 6) is 1.46. The maximum absolute atomic E-state index is 13.2. The first-order valence-electron chi connectivity index (χ1n) is 25.6. The fraction of sp³-hybridized carbons (Fsp3) is 0.537. The van der Waals surface area contributed by atoms with Crippen molar-refractivity contribution in [1.82, 2.24) is 45.1 Å². The van der Waals surface area contributed by atoms with Gasteiger partial charge in [0.2, 0.25) is 11.8 Å². The van der Waals surface area contributed by atoms with E-state index >= 15 is 0 Å². The van der Waals surface area contributed by atoms with Crippen LogP contribution in [0.15, 0.2) is 69.9 Å². The summed E-state index contributed by atoms with van der Waals surface area (Å²) in [7, 11) is 0. The minimum atomic E-state index is 0.0264. The van der Waals surface area contributed by atoms with E-state index in [-0.39, 0.29) is 24.0 Å². The second kappa shape index (κ2) is 23.9. The average Bonchev–Trinajstić information content (AvgIpc) is 3.63. The largest absolute Gasteiger partial charge is 0.340 e. The SMILES string of the molecule is CCCNC(=O)N1CCC(CC(=O)N2CCN(C3c4ccc(Cl)cc4CCc4cc(Br)cnc43)CC2)CC1.O=C(CC1CCNCC1)N1CCN(C2c3ccc(Cl)cc3CCc3cc(Br)cnc32)CC1. The first-order chi connectivity index (χ1) is 34.0. The molecule has 2 aromatic carbocycles. The number of benzene rings is 2. The maximum Gasteiger partial charge on any atom is 0.317 e. The first-order valence-corrected chi connectivity index (χ1v) is 28.0. The van der Waals surface area contributed by atoms with E-state index in [0.29, 0.717) is 37.1 Å². The smallest absolute Gasteiger partial charge is 0.317 e. The van der Waals surface area contributed by atoms with Gasteiger partial charge in [0.15, 0.2) is 0 Å². The van der Waals surface area contributed by atoms with E-state index in [0.717, 1.165) is 167 Å². The Bertz CT molecular complexity index is 2380. The van der Waals surface area contributed by atoms with E-state index in [4.69, 9.17) is 33.2 Å². The van der Waals surface area contributed by atoms with Gasteiger partial charge in [-0.3, -0.25) is 29.4 Å². The average molecular weight is 1120 g/mol. The molecule has 16 heteroatoms. The molecule has 2 unspecified atom stereocenters. The molecule has 4 amide bonds. The van der Waals surface area contributed by atoms with Crippen molar-refractivity contribution in [3.63, 3.8) is 0 Å². The van der Waals surface area contributed by atoms with Gasteiger partial charge in [-0.2, -0.15) is 0 Å². The monoisotopic (exact) mass is 1120 g/mol. The fourth-order valence-electron chi connectivity index (χ4n) is 11.5. The van der Waals surface area contributed by atoms with Crippen LogP contribution in [0, 0.1) is 11.8 Å². The molecule has 70 heavy (non-hydrogen) atoms. The molecule has 4 aliphatic heterocycles. The Balaban J connectivity index is 0.000000176. The van der Waals surface area contributed by atoms with Crippen molar-refractivity contribution in [3.05, 3.63) is 125 Å². The van der Waals surface area contributed by atoms with E-state index in [1.54, 1.807) is 0 Å². The molecule has 10 rings (SSSR count). The molecule has 2 N–H and O–H groups in total. The number of rotatable bonds is 8. The number of nitrogens with one attached hydrogen (secondary N) is 2. The molecule has 2 aliphatic carbocycles. The summed E-state index contributed by atoms with van der Waals surface area (Å²) in [6.45, 7) is 12.7. The fourth-order valence-corrected chi connectivity index (χ4v) is 12.7. The molecule has 0 spiro atoms. The molecule has 2 atom stereocenters. The lowest BCUT2D eigenvalue weighted by Crippen LogP contribution is -2.50. The number of hydrogen-bond donors (Lipinski definition) is 2. The standard InChI is InChI=1S/C29H37BrClN5O2.C25H30BrClN4O/c1-2-9-32-29(38)36-10-7-20(8-11-36)16-26(37)34-12-14-35(15-13-34)28-25-6-5-24(31)18-21(25)3-4-22-17-23(30)19-33-27(22)28;26-20-14-19-2-1-18-15-21(27)3-4-22(18)25(24(19)29-16-20)31-11-9-30(10-12-31)23(32)13-17-5-7-28-8-6-17/h5-6,17-20,28H,2-4,7-16H2,1H3,(H,32,38);3-4,14-17,25,28H,1-2,5-13H2. The molecule has 6 heterocycles. The third-order valence-electron chi connectivity index (χ3n) is 15.5. The predicted molar refractivity (Wildman–Crippen MR) is 284 cm³/mol. The zero-order valence-electron chi connectivity index (χ0n) is 40.4. The maximum atomic E-state index is 13.2. The lowest BCUT2D eigenvalue weighted by Gasteiger charge is -2.40. The van der Waals surface area contributed by atoms with Crippen LogP contribution in [0.5, 0.6) is 0 Å². The Morgan fingerprint density at radius 1 is 0.600 bits per heavy atom. The molecule has 0 radical (unpaired) electrons. The van der Waals surface area contributed by atoms with Crippen LogP contribution in [0.25, 0.3) is 0 Å². The molecule has 12 nitrogen and oxygen atoms in total. The topological polar surface area (TPSA) is 117 Å². The molecular formula is C54H67Br2Cl2N9O3. The number of pyridine rings is 2. The van der Waals surface area contributed by atoms with Crippen molar-refractivity contribution in [2.75, 3.05) is 85.1 Å². The highest BCUT2D eigenvalue weighted by Gasteiger charge is 2.36. The Labute approximate surface area is 440 Å². The molecule has 4 saturated heterocycles. The molecule has 4 aromatic rings. The van der Waals surface area contributed by atoms with Crippen LogP contribution in [-0.4, -0.2) is 137 Å². The third kappa shape index (κ3) is 12.4. The number of piperazine rings is 2. The predicted octanol–water partition coefficient (Wildman–Crippen LogP) is 9.27. The quantitative estimate of drug-likeness (QED) is 0.180. The van der Waals surface area contributed by atoms with Crippen molar-refractivity contribution in [2.45, 2.75) is 89.6 Å². The van der Waals surface area contributed by atoms with Gasteiger partial charge in [0, 0.05) is 116 Å². The van der Waals surface area contributed by atoms with Crippen molar-refractivity contribution in [2.24, 2.45) is 11.8 Å². The number of hydrogen-bond acceptors (Lipinski definition) is 8. The van der Waals surface area contributed by atoms with Crippen LogP contribution >= 0.6 is 55.1 Å². The summed E-state index contributed by atoms with van der Waals surface area (Å²) in [4.78, 5) is 59.1. The zero-order chi connectivity index (χ0) is 48.7. The van der Waals surface area contributed by atoms with Gasteiger partial charge in [0.1, 0.15) is 0 Å². The Hall–Kier alpha value is -3.63. The number of likely N-dealkylation sites (tertiary alicyclic amines) is 1. The molecule has 0 bridgehead atoms. The number of aryl methyl sites for hydroxylation is 4. The Morgan fingerprint density at radius 2 is 1.04 bits per heavy atom. The molecular weight excluding hydrogens is 1050 g/mol. The van der Waals surface area contributed by atoms with E-state index < -0.39 is 0 Å². The van der Waals surface area contributed by atoms with Gasteiger partial charge >= 0.3 is 6.03 Å². The highest BCUT2D eigenvalue weighted by molar-refractivity contribution is 9.10. The van der Waals surface area contributed by atoms with Crippen molar-refractivity contribution >= 4 is 72.9 Å². The minimum Gasteiger partial charge on any atom is -0.340 e. The van der Waals surface area contributed by atoms with Gasteiger partial charge in [-0.05, 0) is 184 Å². The van der Waals surface area contributed by atoms with Crippen LogP contribution in [0.1, 0.15) is 109 Å². The number of halogens is 4. The number of aromatic nitrogens is 2. The molecule has 0 saturated carbocycles. The Morgan fingerprint density at radius 3 is 1.50 bits per heavy atom. The molecule has 4 fully saturated rings. The van der Waals surface area contributed by atoms with Gasteiger partial charge in [-0.25, -0.2) is 4.79 Å². The van der Waals surface area contributed by atoms with Crippen LogP contribution in [0.3, 0.4) is 0 Å². The molecule has 2 aromatic heterocycles. The summed E-state index contributed by atoms with van der Waals surface area (Å²) in [5, 5.41) is 7.90. The van der Waals surface area contributed by atoms with Gasteiger partial charge in [0.05, 0.1) is 23.5 Å². The van der Waals surface area contributed by atoms with E-state index in [1.807, 2.05) is 34.3 Å². The minimum absolute atomic E-state index is 0.0264. The number of urea groups is 1. The van der Waals surface area contributed by atoms with E-state index in [1.165, 1.54) is 33.4 Å². The lowest BCUT2D eigenvalue weighted by molar-refractivity contribution is -0.135. The number of piperidine rings is 2. The van der Waals surface area contributed by atoms with Crippen LogP contribution in [0.2, 0.25) is 10.0 Å². The molecule has 6 aliphatic rings. The van der Waals surface area contributed by atoms with Crippen LogP contribution in [0.4, 0.5) is 4.79 Å². The van der Waals surface area contributed by atoms with Gasteiger partial charge in [-0.1, -0.05) is 42.3 Å². The van der Waals surface area contributed by atoms with Crippen LogP contribution in [-0.2, 0) is 35.3 Å². The molecule has 374 valence electrons. The highest BCUT2D eigenvalue weighted by Crippen LogP contribution is 2.40. The van der Waals surface area contributed by atoms with Gasteiger partial charge in [-0.15, -0.1) is 0 Å². The summed E-state index contributed by atoms with van der Waals surface area (Å²) in [6, 6.07) is 17.1. The van der Waals surface area contributed by atoms with Gasteiger partial charge < -0.3 is 25.3 Å². The zero-order valence-corrected chi connectivity index (χ0v) is 45.1. The van der Waals surface area contributed by atoms with Crippen LogP contribution < -0.4 is 10.6 Å². The second-order valence-corrected chi connectivity index (χ2v) is 22.7. The Kier molecular flexibility index (Phi) is 17.5. The van der Waals surface area contributed by atoms with Crippen molar-refractivity contribution in [3.8, 4) is 0 Å². The number of fused-ring (bicyclic) bond motifs is 4. The summed E-state index contributed by atoms with van der Waals surface area (Å²) in [6.07, 6.45) is 13.8. The second-order valence-electron chi connectivity index (χ2n) is 20.0.